The predicted octanol–water partition coefficient (Wildman–Crippen LogP) is 4.15. The Morgan fingerprint density at radius 2 is 2.12 bits per heavy atom. The fraction of sp³-hybridized carbons (Fsp3) is 0.444. The predicted molar refractivity (Wildman–Crippen MR) is 114 cm³/mol. The summed E-state index contributed by atoms with van der Waals surface area (Å²) in [7, 11) is 0. The quantitative estimate of drug-likeness (QED) is 0.261. The van der Waals surface area contributed by atoms with Gasteiger partial charge < -0.3 is 10.6 Å². The molecule has 1 aromatic carbocycles. The van der Waals surface area contributed by atoms with Crippen molar-refractivity contribution in [2.75, 3.05) is 13.1 Å². The van der Waals surface area contributed by atoms with Crippen molar-refractivity contribution < 1.29 is 4.39 Å². The molecular formula is C18H26FIN4S. The highest BCUT2D eigenvalue weighted by atomic mass is 127. The van der Waals surface area contributed by atoms with Gasteiger partial charge >= 0.3 is 0 Å². The Kier molecular flexibility index (Phi) is 10.6. The van der Waals surface area contributed by atoms with Gasteiger partial charge in [-0.1, -0.05) is 19.1 Å². The third kappa shape index (κ3) is 8.13. The van der Waals surface area contributed by atoms with E-state index in [1.54, 1.807) is 23.5 Å². The molecular weight excluding hydrogens is 450 g/mol. The number of aliphatic imine (C=N–C) groups is 1. The summed E-state index contributed by atoms with van der Waals surface area (Å²) in [5, 5.41) is 7.59. The molecule has 0 atom stereocenters. The van der Waals surface area contributed by atoms with Gasteiger partial charge in [-0.2, -0.15) is 0 Å². The van der Waals surface area contributed by atoms with E-state index < -0.39 is 0 Å². The van der Waals surface area contributed by atoms with E-state index in [0.29, 0.717) is 6.54 Å². The first-order valence-corrected chi connectivity index (χ1v) is 9.23. The lowest BCUT2D eigenvalue weighted by atomic mass is 10.1. The Bertz CT molecular complexity index is 660. The number of nitrogens with zero attached hydrogens (tertiary/aromatic N) is 2. The molecule has 0 saturated heterocycles. The molecule has 0 unspecified atom stereocenters. The molecule has 1 heterocycles. The van der Waals surface area contributed by atoms with Crippen molar-refractivity contribution in [3.8, 4) is 0 Å². The molecule has 0 aliphatic carbocycles. The minimum Gasteiger partial charge on any atom is -0.357 e. The van der Waals surface area contributed by atoms with Crippen LogP contribution < -0.4 is 10.6 Å². The van der Waals surface area contributed by atoms with Gasteiger partial charge in [-0.05, 0) is 43.9 Å². The number of halogens is 2. The van der Waals surface area contributed by atoms with Crippen LogP contribution in [0.4, 0.5) is 4.39 Å². The first-order chi connectivity index (χ1) is 11.7. The van der Waals surface area contributed by atoms with Crippen molar-refractivity contribution in [1.29, 1.82) is 0 Å². The largest absolute Gasteiger partial charge is 0.357 e. The number of hydrogen-bond acceptors (Lipinski definition) is 3. The summed E-state index contributed by atoms with van der Waals surface area (Å²) in [6.45, 7) is 6.37. The number of guanidine groups is 1. The van der Waals surface area contributed by atoms with Crippen molar-refractivity contribution in [2.45, 2.75) is 39.7 Å². The number of aromatic nitrogens is 1. The van der Waals surface area contributed by atoms with Gasteiger partial charge in [0.25, 0.3) is 0 Å². The van der Waals surface area contributed by atoms with E-state index in [1.165, 1.54) is 10.9 Å². The normalized spacial score (nSPS) is 11.1. The second-order valence-corrected chi connectivity index (χ2v) is 6.63. The summed E-state index contributed by atoms with van der Waals surface area (Å²) in [5.41, 5.74) is 1.02. The van der Waals surface area contributed by atoms with Crippen molar-refractivity contribution in [3.05, 3.63) is 51.7 Å². The summed E-state index contributed by atoms with van der Waals surface area (Å²) < 4.78 is 13.1. The molecule has 2 N–H and O–H groups in total. The van der Waals surface area contributed by atoms with Crippen LogP contribution in [0, 0.1) is 5.82 Å². The van der Waals surface area contributed by atoms with Crippen molar-refractivity contribution in [2.24, 2.45) is 4.99 Å². The Morgan fingerprint density at radius 3 is 2.80 bits per heavy atom. The zero-order valence-electron chi connectivity index (χ0n) is 14.7. The maximum absolute atomic E-state index is 13.1. The van der Waals surface area contributed by atoms with E-state index in [2.05, 4.69) is 27.5 Å². The van der Waals surface area contributed by atoms with Crippen LogP contribution in [0.1, 0.15) is 35.7 Å². The van der Waals surface area contributed by atoms with Crippen LogP contribution in [-0.4, -0.2) is 24.0 Å². The zero-order chi connectivity index (χ0) is 17.2. The molecule has 0 radical (unpaired) electrons. The van der Waals surface area contributed by atoms with Gasteiger partial charge in [-0.3, -0.25) is 0 Å². The maximum Gasteiger partial charge on any atom is 0.191 e. The van der Waals surface area contributed by atoms with Gasteiger partial charge in [0, 0.05) is 24.2 Å². The third-order valence-corrected chi connectivity index (χ3v) is 4.62. The topological polar surface area (TPSA) is 49.3 Å². The van der Waals surface area contributed by atoms with E-state index in [9.17, 15) is 4.39 Å². The molecule has 0 saturated carbocycles. The highest BCUT2D eigenvalue weighted by molar-refractivity contribution is 14.0. The minimum absolute atomic E-state index is 0. The highest BCUT2D eigenvalue weighted by Crippen LogP contribution is 2.14. The van der Waals surface area contributed by atoms with Gasteiger partial charge in [0.05, 0.1) is 6.54 Å². The molecule has 0 amide bonds. The molecule has 2 aromatic rings. The summed E-state index contributed by atoms with van der Waals surface area (Å²) in [6.07, 6.45) is 4.70. The number of benzene rings is 1. The van der Waals surface area contributed by atoms with Crippen LogP contribution in [0.2, 0.25) is 0 Å². The summed E-state index contributed by atoms with van der Waals surface area (Å²) in [5.74, 6) is 0.621. The van der Waals surface area contributed by atoms with Crippen LogP contribution in [0.15, 0.2) is 35.5 Å². The smallest absolute Gasteiger partial charge is 0.191 e. The van der Waals surface area contributed by atoms with Gasteiger partial charge in [0.1, 0.15) is 10.8 Å². The Morgan fingerprint density at radius 1 is 1.28 bits per heavy atom. The first-order valence-electron chi connectivity index (χ1n) is 8.41. The molecule has 0 aliphatic rings. The number of hydrogen-bond donors (Lipinski definition) is 2. The lowest BCUT2D eigenvalue weighted by Crippen LogP contribution is -2.37. The lowest BCUT2D eigenvalue weighted by molar-refractivity contribution is 0.624. The van der Waals surface area contributed by atoms with Crippen molar-refractivity contribution in [3.63, 3.8) is 0 Å². The average molecular weight is 476 g/mol. The summed E-state index contributed by atoms with van der Waals surface area (Å²) in [4.78, 5) is 10.2. The molecule has 138 valence electrons. The van der Waals surface area contributed by atoms with Crippen LogP contribution in [-0.2, 0) is 19.4 Å². The van der Waals surface area contributed by atoms with E-state index >= 15 is 0 Å². The lowest BCUT2D eigenvalue weighted by Gasteiger charge is -2.11. The van der Waals surface area contributed by atoms with Crippen LogP contribution in [0.25, 0.3) is 0 Å². The van der Waals surface area contributed by atoms with Crippen LogP contribution >= 0.6 is 35.3 Å². The molecule has 0 bridgehead atoms. The van der Waals surface area contributed by atoms with Gasteiger partial charge in [0.2, 0.25) is 0 Å². The van der Waals surface area contributed by atoms with Crippen LogP contribution in [0.3, 0.4) is 0 Å². The third-order valence-electron chi connectivity index (χ3n) is 3.49. The van der Waals surface area contributed by atoms with E-state index in [4.69, 9.17) is 0 Å². The number of thiazole rings is 1. The second kappa shape index (κ2) is 12.2. The molecule has 0 aliphatic heterocycles. The fourth-order valence-corrected chi connectivity index (χ4v) is 3.05. The maximum atomic E-state index is 13.1. The summed E-state index contributed by atoms with van der Waals surface area (Å²) >= 11 is 1.71. The SMILES string of the molecule is CCNC(=NCc1ncc(CC)s1)NCCCc1cccc(F)c1.I. The highest BCUT2D eigenvalue weighted by Gasteiger charge is 2.02. The van der Waals surface area contributed by atoms with Crippen LogP contribution in [0.5, 0.6) is 0 Å². The summed E-state index contributed by atoms with van der Waals surface area (Å²) in [6, 6.07) is 6.77. The first kappa shape index (κ1) is 21.8. The Balaban J connectivity index is 0.00000312. The number of rotatable bonds is 8. The molecule has 1 aromatic heterocycles. The zero-order valence-corrected chi connectivity index (χ0v) is 17.9. The second-order valence-electron chi connectivity index (χ2n) is 5.43. The molecule has 0 fully saturated rings. The number of nitrogens with one attached hydrogen (secondary N) is 2. The van der Waals surface area contributed by atoms with Gasteiger partial charge in [0.15, 0.2) is 5.96 Å². The standard InChI is InChI=1S/C18H25FN4S.HI/c1-3-16-12-22-17(24-16)13-23-18(20-4-2)21-10-6-8-14-7-5-9-15(19)11-14;/h5,7,9,11-12H,3-4,6,8,10,13H2,1-2H3,(H2,20,21,23);1H. The van der Waals surface area contributed by atoms with Crippen molar-refractivity contribution in [1.82, 2.24) is 15.6 Å². The van der Waals surface area contributed by atoms with Crippen molar-refractivity contribution >= 4 is 41.3 Å². The Hall–Kier alpha value is -1.22. The van der Waals surface area contributed by atoms with E-state index in [-0.39, 0.29) is 29.8 Å². The van der Waals surface area contributed by atoms with E-state index in [1.807, 2.05) is 19.2 Å². The molecule has 25 heavy (non-hydrogen) atoms. The molecule has 4 nitrogen and oxygen atoms in total. The van der Waals surface area contributed by atoms with E-state index in [0.717, 1.165) is 48.9 Å². The Labute approximate surface area is 170 Å². The number of aryl methyl sites for hydroxylation is 2. The average Bonchev–Trinajstić information content (AvgIpc) is 3.04. The van der Waals surface area contributed by atoms with Gasteiger partial charge in [-0.15, -0.1) is 35.3 Å². The molecule has 7 heteroatoms. The molecule has 2 rings (SSSR count). The molecule has 0 spiro atoms. The monoisotopic (exact) mass is 476 g/mol. The fourth-order valence-electron chi connectivity index (χ4n) is 2.26. The van der Waals surface area contributed by atoms with Gasteiger partial charge in [-0.25, -0.2) is 14.4 Å². The minimum atomic E-state index is -0.176.